The standard InChI is InChI=1S/C12H13BrN2OS/c1-2-5-14-6-8-15(9-7-14)12(16)10-3-4-11(13)17-10/h1,3-4H,5-9H2. The molecular weight excluding hydrogens is 300 g/mol. The molecule has 5 heteroatoms. The van der Waals surface area contributed by atoms with Crippen molar-refractivity contribution < 1.29 is 4.79 Å². The summed E-state index contributed by atoms with van der Waals surface area (Å²) in [6.45, 7) is 3.92. The van der Waals surface area contributed by atoms with Gasteiger partial charge in [-0.25, -0.2) is 0 Å². The molecule has 0 aliphatic carbocycles. The van der Waals surface area contributed by atoms with Crippen LogP contribution in [0.4, 0.5) is 0 Å². The Labute approximate surface area is 114 Å². The van der Waals surface area contributed by atoms with E-state index in [0.29, 0.717) is 6.54 Å². The number of halogens is 1. The van der Waals surface area contributed by atoms with Gasteiger partial charge in [-0.1, -0.05) is 5.92 Å². The third-order valence-electron chi connectivity index (χ3n) is 2.76. The van der Waals surface area contributed by atoms with Crippen LogP contribution in [0.15, 0.2) is 15.9 Å². The summed E-state index contributed by atoms with van der Waals surface area (Å²) in [6.07, 6.45) is 5.27. The van der Waals surface area contributed by atoms with Crippen LogP contribution in [0.3, 0.4) is 0 Å². The summed E-state index contributed by atoms with van der Waals surface area (Å²) in [5.74, 6) is 2.76. The fraction of sp³-hybridized carbons (Fsp3) is 0.417. The van der Waals surface area contributed by atoms with Crippen LogP contribution < -0.4 is 0 Å². The summed E-state index contributed by atoms with van der Waals surface area (Å²) in [5, 5.41) is 0. The lowest BCUT2D eigenvalue weighted by Gasteiger charge is -2.33. The zero-order valence-electron chi connectivity index (χ0n) is 9.36. The van der Waals surface area contributed by atoms with E-state index in [1.807, 2.05) is 17.0 Å². The Kier molecular flexibility index (Phi) is 4.21. The molecule has 0 spiro atoms. The predicted octanol–water partition coefficient (Wildman–Crippen LogP) is 1.90. The highest BCUT2D eigenvalue weighted by Crippen LogP contribution is 2.23. The summed E-state index contributed by atoms with van der Waals surface area (Å²) >= 11 is 4.85. The highest BCUT2D eigenvalue weighted by molar-refractivity contribution is 9.11. The van der Waals surface area contributed by atoms with Crippen LogP contribution in [0, 0.1) is 12.3 Å². The van der Waals surface area contributed by atoms with Crippen LogP contribution in [0.2, 0.25) is 0 Å². The van der Waals surface area contributed by atoms with Crippen LogP contribution in [-0.4, -0.2) is 48.4 Å². The van der Waals surface area contributed by atoms with Gasteiger partial charge in [-0.3, -0.25) is 9.69 Å². The van der Waals surface area contributed by atoms with Crippen molar-refractivity contribution in [2.45, 2.75) is 0 Å². The SMILES string of the molecule is C#CCN1CCN(C(=O)c2ccc(Br)s2)CC1. The van der Waals surface area contributed by atoms with Crippen molar-refractivity contribution >= 4 is 33.2 Å². The summed E-state index contributed by atoms with van der Waals surface area (Å²) in [6, 6.07) is 3.78. The van der Waals surface area contributed by atoms with Crippen molar-refractivity contribution in [3.05, 3.63) is 20.8 Å². The van der Waals surface area contributed by atoms with Crippen molar-refractivity contribution in [2.24, 2.45) is 0 Å². The molecule has 17 heavy (non-hydrogen) atoms. The first-order valence-electron chi connectivity index (χ1n) is 5.41. The molecular formula is C12H13BrN2OS. The molecule has 90 valence electrons. The van der Waals surface area contributed by atoms with Crippen molar-refractivity contribution in [2.75, 3.05) is 32.7 Å². The van der Waals surface area contributed by atoms with E-state index in [9.17, 15) is 4.79 Å². The van der Waals surface area contributed by atoms with Crippen LogP contribution in [-0.2, 0) is 0 Å². The Morgan fingerprint density at radius 1 is 1.41 bits per heavy atom. The molecule has 0 atom stereocenters. The highest BCUT2D eigenvalue weighted by Gasteiger charge is 2.22. The zero-order chi connectivity index (χ0) is 12.3. The smallest absolute Gasteiger partial charge is 0.264 e. The van der Waals surface area contributed by atoms with Gasteiger partial charge in [-0.2, -0.15) is 0 Å². The van der Waals surface area contributed by atoms with Gasteiger partial charge in [0.15, 0.2) is 0 Å². The van der Waals surface area contributed by atoms with E-state index >= 15 is 0 Å². The summed E-state index contributed by atoms with van der Waals surface area (Å²) in [5.41, 5.74) is 0. The normalized spacial score (nSPS) is 16.8. The lowest BCUT2D eigenvalue weighted by molar-refractivity contribution is 0.0657. The predicted molar refractivity (Wildman–Crippen MR) is 73.2 cm³/mol. The van der Waals surface area contributed by atoms with E-state index in [1.54, 1.807) is 0 Å². The molecule has 2 heterocycles. The fourth-order valence-electron chi connectivity index (χ4n) is 1.82. The lowest BCUT2D eigenvalue weighted by atomic mass is 10.3. The quantitative estimate of drug-likeness (QED) is 0.779. The molecule has 0 saturated carbocycles. The molecule has 0 bridgehead atoms. The molecule has 1 aromatic heterocycles. The van der Waals surface area contributed by atoms with Gasteiger partial charge in [0.25, 0.3) is 5.91 Å². The van der Waals surface area contributed by atoms with Crippen LogP contribution in [0.5, 0.6) is 0 Å². The van der Waals surface area contributed by atoms with Crippen LogP contribution in [0.25, 0.3) is 0 Å². The van der Waals surface area contributed by atoms with Gasteiger partial charge in [0.05, 0.1) is 15.2 Å². The molecule has 1 amide bonds. The largest absolute Gasteiger partial charge is 0.335 e. The van der Waals surface area contributed by atoms with Gasteiger partial charge in [-0.15, -0.1) is 17.8 Å². The number of hydrogen-bond donors (Lipinski definition) is 0. The molecule has 0 aromatic carbocycles. The topological polar surface area (TPSA) is 23.6 Å². The van der Waals surface area contributed by atoms with Crippen molar-refractivity contribution in [3.63, 3.8) is 0 Å². The number of carbonyl (C=O) groups excluding carboxylic acids is 1. The minimum atomic E-state index is 0.126. The average molecular weight is 313 g/mol. The van der Waals surface area contributed by atoms with E-state index in [4.69, 9.17) is 6.42 Å². The van der Waals surface area contributed by atoms with Gasteiger partial charge >= 0.3 is 0 Å². The molecule has 0 unspecified atom stereocenters. The van der Waals surface area contributed by atoms with E-state index in [2.05, 4.69) is 26.8 Å². The molecule has 1 aliphatic rings. The number of terminal acetylenes is 1. The summed E-state index contributed by atoms with van der Waals surface area (Å²) < 4.78 is 0.992. The van der Waals surface area contributed by atoms with Crippen molar-refractivity contribution in [3.8, 4) is 12.3 Å². The number of piperazine rings is 1. The molecule has 3 nitrogen and oxygen atoms in total. The van der Waals surface area contributed by atoms with E-state index in [0.717, 1.165) is 34.8 Å². The number of rotatable bonds is 2. The van der Waals surface area contributed by atoms with Gasteiger partial charge < -0.3 is 4.90 Å². The molecule has 2 rings (SSSR count). The van der Waals surface area contributed by atoms with E-state index < -0.39 is 0 Å². The van der Waals surface area contributed by atoms with Gasteiger partial charge in [0, 0.05) is 26.2 Å². The second-order valence-corrected chi connectivity index (χ2v) is 6.34. The zero-order valence-corrected chi connectivity index (χ0v) is 11.8. The first-order valence-corrected chi connectivity index (χ1v) is 7.02. The number of hydrogen-bond acceptors (Lipinski definition) is 3. The van der Waals surface area contributed by atoms with Gasteiger partial charge in [0.2, 0.25) is 0 Å². The van der Waals surface area contributed by atoms with Crippen molar-refractivity contribution in [1.82, 2.24) is 9.80 Å². The maximum absolute atomic E-state index is 12.1. The molecule has 0 N–H and O–H groups in total. The third kappa shape index (κ3) is 3.09. The van der Waals surface area contributed by atoms with E-state index in [-0.39, 0.29) is 5.91 Å². The average Bonchev–Trinajstić information content (AvgIpc) is 2.76. The second-order valence-electron chi connectivity index (χ2n) is 3.88. The Morgan fingerprint density at radius 2 is 2.12 bits per heavy atom. The number of nitrogens with zero attached hydrogens (tertiary/aromatic N) is 2. The van der Waals surface area contributed by atoms with Crippen LogP contribution in [0.1, 0.15) is 9.67 Å². The minimum absolute atomic E-state index is 0.126. The molecule has 1 fully saturated rings. The minimum Gasteiger partial charge on any atom is -0.335 e. The second kappa shape index (κ2) is 5.67. The molecule has 1 saturated heterocycles. The van der Waals surface area contributed by atoms with Crippen molar-refractivity contribution in [1.29, 1.82) is 0 Å². The maximum atomic E-state index is 12.1. The molecule has 1 aliphatic heterocycles. The fourth-order valence-corrected chi connectivity index (χ4v) is 3.18. The first-order chi connectivity index (χ1) is 8.20. The third-order valence-corrected chi connectivity index (χ3v) is 4.37. The molecule has 1 aromatic rings. The van der Waals surface area contributed by atoms with Crippen LogP contribution >= 0.6 is 27.3 Å². The highest BCUT2D eigenvalue weighted by atomic mass is 79.9. The number of thiophene rings is 1. The monoisotopic (exact) mass is 312 g/mol. The number of carbonyl (C=O) groups is 1. The lowest BCUT2D eigenvalue weighted by Crippen LogP contribution is -2.48. The first kappa shape index (κ1) is 12.6. The van der Waals surface area contributed by atoms with Gasteiger partial charge in [-0.05, 0) is 28.1 Å². The summed E-state index contributed by atoms with van der Waals surface area (Å²) in [4.78, 5) is 17.0. The Hall–Kier alpha value is -0.830. The maximum Gasteiger partial charge on any atom is 0.264 e. The Balaban J connectivity index is 1.93. The summed E-state index contributed by atoms with van der Waals surface area (Å²) in [7, 11) is 0. The van der Waals surface area contributed by atoms with E-state index in [1.165, 1.54) is 11.3 Å². The Morgan fingerprint density at radius 3 is 2.65 bits per heavy atom. The number of amides is 1. The molecule has 0 radical (unpaired) electrons. The Bertz CT molecular complexity index is 444. The van der Waals surface area contributed by atoms with Gasteiger partial charge in [0.1, 0.15) is 0 Å².